The van der Waals surface area contributed by atoms with Crippen LogP contribution in [0.15, 0.2) is 79.0 Å². The molecule has 1 saturated heterocycles. The summed E-state index contributed by atoms with van der Waals surface area (Å²) in [7, 11) is 0. The van der Waals surface area contributed by atoms with Crippen LogP contribution in [-0.4, -0.2) is 28.1 Å². The fraction of sp³-hybridized carbons (Fsp3) is 0.261. The molecule has 0 bridgehead atoms. The van der Waals surface area contributed by atoms with Crippen LogP contribution in [-0.2, 0) is 18.8 Å². The maximum absolute atomic E-state index is 11.0. The Kier molecular flexibility index (Phi) is 5.19. The Balaban J connectivity index is 1.32. The molecule has 0 saturated carbocycles. The van der Waals surface area contributed by atoms with Crippen molar-refractivity contribution in [3.05, 3.63) is 95.8 Å². The predicted octanol–water partition coefficient (Wildman–Crippen LogP) is 3.75. The lowest BCUT2D eigenvalue weighted by Crippen LogP contribution is -2.30. The van der Waals surface area contributed by atoms with Crippen molar-refractivity contribution in [2.75, 3.05) is 13.1 Å². The van der Waals surface area contributed by atoms with Crippen molar-refractivity contribution >= 4 is 0 Å². The van der Waals surface area contributed by atoms with E-state index in [1.54, 1.807) is 6.20 Å². The molecule has 0 radical (unpaired) electrons. The maximum atomic E-state index is 11.0. The van der Waals surface area contributed by atoms with Gasteiger partial charge in [0, 0.05) is 25.8 Å². The van der Waals surface area contributed by atoms with Gasteiger partial charge < -0.3 is 9.84 Å². The van der Waals surface area contributed by atoms with Gasteiger partial charge in [-0.3, -0.25) is 9.88 Å². The molecule has 1 N–H and O–H groups in total. The van der Waals surface area contributed by atoms with Crippen molar-refractivity contribution in [1.82, 2.24) is 9.88 Å². The fourth-order valence-electron chi connectivity index (χ4n) is 3.58. The van der Waals surface area contributed by atoms with Gasteiger partial charge in [-0.1, -0.05) is 48.5 Å². The molecule has 138 valence electrons. The molecule has 0 unspecified atom stereocenters. The highest BCUT2D eigenvalue weighted by Gasteiger charge is 2.37. The quantitative estimate of drug-likeness (QED) is 0.727. The van der Waals surface area contributed by atoms with Gasteiger partial charge in [-0.2, -0.15) is 0 Å². The summed E-state index contributed by atoms with van der Waals surface area (Å²) in [5.41, 5.74) is 2.40. The normalized spacial score (nSPS) is 19.9. The second kappa shape index (κ2) is 7.91. The molecule has 2 aromatic carbocycles. The standard InChI is InChI=1S/C23H24N2O2/c26-23(20-6-2-1-3-7-20)13-15-25(18-23)16-19-9-11-22(12-10-19)27-17-21-8-4-5-14-24-21/h1-12,14,26H,13,15-18H2/t23-/m1/s1. The van der Waals surface area contributed by atoms with E-state index in [4.69, 9.17) is 4.74 Å². The lowest BCUT2D eigenvalue weighted by molar-refractivity contribution is 0.0453. The van der Waals surface area contributed by atoms with Gasteiger partial charge in [0.2, 0.25) is 0 Å². The molecule has 1 atom stereocenters. The average molecular weight is 360 g/mol. The van der Waals surface area contributed by atoms with Gasteiger partial charge in [0.15, 0.2) is 0 Å². The second-order valence-corrected chi connectivity index (χ2v) is 7.11. The van der Waals surface area contributed by atoms with Crippen LogP contribution >= 0.6 is 0 Å². The zero-order valence-corrected chi connectivity index (χ0v) is 15.3. The molecule has 1 aromatic heterocycles. The summed E-state index contributed by atoms with van der Waals surface area (Å²) in [6.07, 6.45) is 2.54. The number of benzene rings is 2. The second-order valence-electron chi connectivity index (χ2n) is 7.11. The number of aromatic nitrogens is 1. The molecule has 1 aliphatic heterocycles. The smallest absolute Gasteiger partial charge is 0.130 e. The monoisotopic (exact) mass is 360 g/mol. The highest BCUT2D eigenvalue weighted by Crippen LogP contribution is 2.32. The zero-order valence-electron chi connectivity index (χ0n) is 15.3. The van der Waals surface area contributed by atoms with Crippen molar-refractivity contribution in [3.63, 3.8) is 0 Å². The van der Waals surface area contributed by atoms with Crippen LogP contribution in [0.4, 0.5) is 0 Å². The minimum absolute atomic E-state index is 0.469. The average Bonchev–Trinajstić information content (AvgIpc) is 3.11. The maximum Gasteiger partial charge on any atom is 0.130 e. The van der Waals surface area contributed by atoms with Gasteiger partial charge >= 0.3 is 0 Å². The summed E-state index contributed by atoms with van der Waals surface area (Å²) in [6, 6.07) is 24.0. The molecule has 0 amide bonds. The third-order valence-electron chi connectivity index (χ3n) is 5.08. The van der Waals surface area contributed by atoms with Crippen molar-refractivity contribution in [3.8, 4) is 5.75 Å². The van der Waals surface area contributed by atoms with E-state index in [9.17, 15) is 5.11 Å². The fourth-order valence-corrected chi connectivity index (χ4v) is 3.58. The van der Waals surface area contributed by atoms with Crippen molar-refractivity contribution in [2.24, 2.45) is 0 Å². The molecule has 2 heterocycles. The molecule has 3 aromatic rings. The number of ether oxygens (including phenoxy) is 1. The number of rotatable bonds is 6. The Morgan fingerprint density at radius 1 is 0.963 bits per heavy atom. The third-order valence-corrected chi connectivity index (χ3v) is 5.08. The Bertz CT molecular complexity index is 853. The van der Waals surface area contributed by atoms with E-state index >= 15 is 0 Å². The summed E-state index contributed by atoms with van der Waals surface area (Å²) < 4.78 is 5.79. The van der Waals surface area contributed by atoms with Crippen molar-refractivity contribution in [1.29, 1.82) is 0 Å². The molecule has 4 nitrogen and oxygen atoms in total. The first-order valence-electron chi connectivity index (χ1n) is 9.33. The Morgan fingerprint density at radius 2 is 1.74 bits per heavy atom. The van der Waals surface area contributed by atoms with Gasteiger partial charge in [0.05, 0.1) is 5.69 Å². The number of β-amino-alcohol motifs (C(OH)–C–C–N with tert-alkyl or cyclic N) is 1. The zero-order chi connectivity index (χ0) is 18.5. The van der Waals surface area contributed by atoms with Gasteiger partial charge in [0.1, 0.15) is 18.0 Å². The van der Waals surface area contributed by atoms with Gasteiger partial charge in [0.25, 0.3) is 0 Å². The van der Waals surface area contributed by atoms with Crippen LogP contribution < -0.4 is 4.74 Å². The highest BCUT2D eigenvalue weighted by molar-refractivity contribution is 5.28. The van der Waals surface area contributed by atoms with Crippen LogP contribution in [0.3, 0.4) is 0 Å². The Labute approximate surface area is 160 Å². The first kappa shape index (κ1) is 17.7. The van der Waals surface area contributed by atoms with E-state index in [-0.39, 0.29) is 0 Å². The van der Waals surface area contributed by atoms with Gasteiger partial charge in [-0.05, 0) is 41.8 Å². The Hall–Kier alpha value is -2.69. The lowest BCUT2D eigenvalue weighted by Gasteiger charge is -2.24. The number of hydrogen-bond acceptors (Lipinski definition) is 4. The van der Waals surface area contributed by atoms with Gasteiger partial charge in [-0.15, -0.1) is 0 Å². The van der Waals surface area contributed by atoms with Crippen molar-refractivity contribution < 1.29 is 9.84 Å². The molecule has 1 aliphatic rings. The van der Waals surface area contributed by atoms with E-state index in [1.807, 2.05) is 60.7 Å². The van der Waals surface area contributed by atoms with E-state index in [0.29, 0.717) is 13.2 Å². The molecular weight excluding hydrogens is 336 g/mol. The predicted molar refractivity (Wildman–Crippen MR) is 105 cm³/mol. The molecule has 0 spiro atoms. The summed E-state index contributed by atoms with van der Waals surface area (Å²) >= 11 is 0. The highest BCUT2D eigenvalue weighted by atomic mass is 16.5. The van der Waals surface area contributed by atoms with E-state index in [0.717, 1.165) is 36.5 Å². The van der Waals surface area contributed by atoms with E-state index < -0.39 is 5.60 Å². The lowest BCUT2D eigenvalue weighted by atomic mass is 9.93. The molecule has 4 rings (SSSR count). The Morgan fingerprint density at radius 3 is 2.48 bits per heavy atom. The van der Waals surface area contributed by atoms with E-state index in [2.05, 4.69) is 22.0 Å². The first-order valence-corrected chi connectivity index (χ1v) is 9.33. The summed E-state index contributed by atoms with van der Waals surface area (Å²) in [6.45, 7) is 2.85. The van der Waals surface area contributed by atoms with Crippen LogP contribution in [0.25, 0.3) is 0 Å². The number of nitrogens with zero attached hydrogens (tertiary/aromatic N) is 2. The van der Waals surface area contributed by atoms with Gasteiger partial charge in [-0.25, -0.2) is 0 Å². The minimum Gasteiger partial charge on any atom is -0.487 e. The minimum atomic E-state index is -0.743. The van der Waals surface area contributed by atoms with Crippen LogP contribution in [0.5, 0.6) is 5.75 Å². The third kappa shape index (κ3) is 4.35. The van der Waals surface area contributed by atoms with Crippen LogP contribution in [0.2, 0.25) is 0 Å². The van der Waals surface area contributed by atoms with Crippen LogP contribution in [0, 0.1) is 0 Å². The molecule has 0 aliphatic carbocycles. The van der Waals surface area contributed by atoms with Crippen LogP contribution in [0.1, 0.15) is 23.2 Å². The first-order chi connectivity index (χ1) is 13.2. The van der Waals surface area contributed by atoms with Crippen molar-refractivity contribution in [2.45, 2.75) is 25.2 Å². The molecule has 27 heavy (non-hydrogen) atoms. The number of likely N-dealkylation sites (tertiary alicyclic amines) is 1. The number of pyridine rings is 1. The molecule has 4 heteroatoms. The number of aliphatic hydroxyl groups is 1. The largest absolute Gasteiger partial charge is 0.487 e. The summed E-state index contributed by atoms with van der Waals surface area (Å²) in [5, 5.41) is 11.0. The topological polar surface area (TPSA) is 45.6 Å². The van der Waals surface area contributed by atoms with E-state index in [1.165, 1.54) is 5.56 Å². The SMILES string of the molecule is O[C@]1(c2ccccc2)CCN(Cc2ccc(OCc3ccccn3)cc2)C1. The summed E-state index contributed by atoms with van der Waals surface area (Å²) in [5.74, 6) is 0.839. The number of hydrogen-bond donors (Lipinski definition) is 1. The molecular formula is C23H24N2O2. The molecule has 1 fully saturated rings. The summed E-state index contributed by atoms with van der Waals surface area (Å²) in [4.78, 5) is 6.57.